The number of halogens is 4. The summed E-state index contributed by atoms with van der Waals surface area (Å²) in [4.78, 5) is 0. The molecule has 7 heteroatoms. The summed E-state index contributed by atoms with van der Waals surface area (Å²) in [5.74, 6) is 0.732. The third-order valence-corrected chi connectivity index (χ3v) is 4.83. The predicted octanol–water partition coefficient (Wildman–Crippen LogP) is 6.37. The molecule has 0 N–H and O–H groups in total. The molecule has 1 aromatic heterocycles. The number of nitrogens with zero attached hydrogens (tertiary/aromatic N) is 2. The minimum atomic E-state index is -4.39. The van der Waals surface area contributed by atoms with E-state index in [4.69, 9.17) is 16.3 Å². The van der Waals surface area contributed by atoms with Crippen LogP contribution >= 0.6 is 11.6 Å². The lowest BCUT2D eigenvalue weighted by Gasteiger charge is -2.08. The van der Waals surface area contributed by atoms with E-state index < -0.39 is 11.7 Å². The van der Waals surface area contributed by atoms with Crippen molar-refractivity contribution in [3.63, 3.8) is 0 Å². The van der Waals surface area contributed by atoms with Crippen molar-refractivity contribution in [3.8, 4) is 22.6 Å². The van der Waals surface area contributed by atoms with E-state index >= 15 is 0 Å². The zero-order valence-electron chi connectivity index (χ0n) is 14.7. The van der Waals surface area contributed by atoms with Gasteiger partial charge in [-0.1, -0.05) is 35.9 Å². The predicted molar refractivity (Wildman–Crippen MR) is 103 cm³/mol. The molecule has 0 unspecified atom stereocenters. The smallest absolute Gasteiger partial charge is 0.416 e. The molecular formula is C21H14ClF3N2O. The number of alkyl halides is 3. The topological polar surface area (TPSA) is 27.1 Å². The van der Waals surface area contributed by atoms with Crippen molar-refractivity contribution < 1.29 is 17.9 Å². The molecule has 142 valence electrons. The standard InChI is InChI=1S/C21H14ClF3N2O/c1-28-19-5-3-2-4-16(19)13-6-11-17-18(12-13)26-27(20(17)22)15-9-7-14(8-10-15)21(23,24)25/h2-12H,1H3. The molecule has 0 amide bonds. The van der Waals surface area contributed by atoms with Crippen molar-refractivity contribution in [2.75, 3.05) is 7.11 Å². The van der Waals surface area contributed by atoms with Gasteiger partial charge in [0.1, 0.15) is 10.9 Å². The molecular weight excluding hydrogens is 389 g/mol. The van der Waals surface area contributed by atoms with Gasteiger partial charge >= 0.3 is 6.18 Å². The van der Waals surface area contributed by atoms with Gasteiger partial charge in [0.25, 0.3) is 0 Å². The molecule has 4 aromatic rings. The van der Waals surface area contributed by atoms with Crippen molar-refractivity contribution in [1.29, 1.82) is 0 Å². The summed E-state index contributed by atoms with van der Waals surface area (Å²) in [5.41, 5.74) is 2.18. The van der Waals surface area contributed by atoms with Crippen molar-refractivity contribution in [2.24, 2.45) is 0 Å². The average Bonchev–Trinajstić information content (AvgIpc) is 3.03. The van der Waals surface area contributed by atoms with Gasteiger partial charge < -0.3 is 4.74 Å². The van der Waals surface area contributed by atoms with E-state index in [2.05, 4.69) is 5.10 Å². The van der Waals surface area contributed by atoms with Crippen LogP contribution in [0.3, 0.4) is 0 Å². The number of benzene rings is 3. The van der Waals surface area contributed by atoms with Crippen molar-refractivity contribution in [1.82, 2.24) is 9.78 Å². The number of para-hydroxylation sites is 1. The van der Waals surface area contributed by atoms with Gasteiger partial charge in [-0.25, -0.2) is 4.68 Å². The normalized spacial score (nSPS) is 11.8. The van der Waals surface area contributed by atoms with E-state index in [-0.39, 0.29) is 0 Å². The van der Waals surface area contributed by atoms with Crippen molar-refractivity contribution in [3.05, 3.63) is 77.4 Å². The molecule has 28 heavy (non-hydrogen) atoms. The molecule has 3 aromatic carbocycles. The molecule has 0 saturated heterocycles. The van der Waals surface area contributed by atoms with Gasteiger partial charge in [0.15, 0.2) is 0 Å². The highest BCUT2D eigenvalue weighted by molar-refractivity contribution is 6.34. The summed E-state index contributed by atoms with van der Waals surface area (Å²) >= 11 is 6.43. The van der Waals surface area contributed by atoms with Crippen molar-refractivity contribution in [2.45, 2.75) is 6.18 Å². The Morgan fingerprint density at radius 1 is 0.964 bits per heavy atom. The van der Waals surface area contributed by atoms with Crippen LogP contribution in [0.25, 0.3) is 27.7 Å². The average molecular weight is 403 g/mol. The second-order valence-corrected chi connectivity index (χ2v) is 6.54. The van der Waals surface area contributed by atoms with Gasteiger partial charge in [0.2, 0.25) is 0 Å². The lowest BCUT2D eigenvalue weighted by molar-refractivity contribution is -0.137. The first-order valence-electron chi connectivity index (χ1n) is 8.38. The molecule has 0 atom stereocenters. The summed E-state index contributed by atoms with van der Waals surface area (Å²) in [6.45, 7) is 0. The summed E-state index contributed by atoms with van der Waals surface area (Å²) in [7, 11) is 1.60. The van der Waals surface area contributed by atoms with Crippen LogP contribution in [0.2, 0.25) is 5.15 Å². The number of methoxy groups -OCH3 is 1. The van der Waals surface area contributed by atoms with Gasteiger partial charge in [0, 0.05) is 10.9 Å². The highest BCUT2D eigenvalue weighted by Gasteiger charge is 2.30. The number of fused-ring (bicyclic) bond motifs is 1. The quantitative estimate of drug-likeness (QED) is 0.398. The number of ether oxygens (including phenoxy) is 1. The first kappa shape index (κ1) is 18.4. The monoisotopic (exact) mass is 402 g/mol. The molecule has 0 aliphatic heterocycles. The molecule has 0 spiro atoms. The lowest BCUT2D eigenvalue weighted by atomic mass is 10.0. The van der Waals surface area contributed by atoms with E-state index in [0.29, 0.717) is 21.7 Å². The number of rotatable bonds is 3. The fraction of sp³-hybridized carbons (Fsp3) is 0.0952. The first-order valence-corrected chi connectivity index (χ1v) is 8.75. The molecule has 4 rings (SSSR count). The Morgan fingerprint density at radius 2 is 1.68 bits per heavy atom. The summed E-state index contributed by atoms with van der Waals surface area (Å²) in [6.07, 6.45) is -4.39. The molecule has 0 aliphatic rings. The molecule has 1 heterocycles. The SMILES string of the molecule is COc1ccccc1-c1ccc2c(Cl)n(-c3ccc(C(F)(F)F)cc3)nc2c1. The van der Waals surface area contributed by atoms with E-state index in [1.165, 1.54) is 16.8 Å². The third kappa shape index (κ3) is 3.20. The largest absolute Gasteiger partial charge is 0.496 e. The lowest BCUT2D eigenvalue weighted by Crippen LogP contribution is -2.05. The van der Waals surface area contributed by atoms with E-state index in [1.54, 1.807) is 7.11 Å². The maximum absolute atomic E-state index is 12.8. The fourth-order valence-electron chi connectivity index (χ4n) is 3.07. The summed E-state index contributed by atoms with van der Waals surface area (Å²) in [5, 5.41) is 5.52. The molecule has 0 saturated carbocycles. The van der Waals surface area contributed by atoms with Crippen LogP contribution in [0.1, 0.15) is 5.56 Å². The van der Waals surface area contributed by atoms with Gasteiger partial charge in [-0.2, -0.15) is 18.3 Å². The van der Waals surface area contributed by atoms with Crippen LogP contribution < -0.4 is 4.74 Å². The van der Waals surface area contributed by atoms with Gasteiger partial charge in [0.05, 0.1) is 23.9 Å². The Hall–Kier alpha value is -2.99. The van der Waals surface area contributed by atoms with Crippen LogP contribution in [0.15, 0.2) is 66.7 Å². The molecule has 3 nitrogen and oxygen atoms in total. The maximum atomic E-state index is 12.8. The molecule has 0 aliphatic carbocycles. The van der Waals surface area contributed by atoms with Crippen LogP contribution in [0.5, 0.6) is 5.75 Å². The molecule has 0 fully saturated rings. The second-order valence-electron chi connectivity index (χ2n) is 6.18. The number of aromatic nitrogens is 2. The van der Waals surface area contributed by atoms with Gasteiger partial charge in [-0.05, 0) is 48.0 Å². The minimum absolute atomic E-state index is 0.335. The number of hydrogen-bond acceptors (Lipinski definition) is 2. The van der Waals surface area contributed by atoms with Gasteiger partial charge in [-0.3, -0.25) is 0 Å². The Morgan fingerprint density at radius 3 is 2.36 bits per heavy atom. The van der Waals surface area contributed by atoms with Crippen LogP contribution in [0.4, 0.5) is 13.2 Å². The van der Waals surface area contributed by atoms with Crippen LogP contribution in [-0.2, 0) is 6.18 Å². The van der Waals surface area contributed by atoms with E-state index in [9.17, 15) is 13.2 Å². The molecule has 0 radical (unpaired) electrons. The molecule has 0 bridgehead atoms. The van der Waals surface area contributed by atoms with Gasteiger partial charge in [-0.15, -0.1) is 0 Å². The number of hydrogen-bond donors (Lipinski definition) is 0. The second kappa shape index (κ2) is 6.87. The Bertz CT molecular complexity index is 1150. The van der Waals surface area contributed by atoms with E-state index in [1.807, 2.05) is 42.5 Å². The summed E-state index contributed by atoms with van der Waals surface area (Å²) < 4.78 is 45.2. The highest BCUT2D eigenvalue weighted by atomic mass is 35.5. The zero-order chi connectivity index (χ0) is 19.9. The minimum Gasteiger partial charge on any atom is -0.496 e. The van der Waals surface area contributed by atoms with Crippen LogP contribution in [0, 0.1) is 0 Å². The van der Waals surface area contributed by atoms with E-state index in [0.717, 1.165) is 29.0 Å². The first-order chi connectivity index (χ1) is 13.4. The fourth-order valence-corrected chi connectivity index (χ4v) is 3.36. The van der Waals surface area contributed by atoms with Crippen LogP contribution in [-0.4, -0.2) is 16.9 Å². The zero-order valence-corrected chi connectivity index (χ0v) is 15.4. The Labute approximate surface area is 163 Å². The summed E-state index contributed by atoms with van der Waals surface area (Å²) in [6, 6.07) is 18.0. The Kier molecular flexibility index (Phi) is 4.51. The van der Waals surface area contributed by atoms with Crippen molar-refractivity contribution >= 4 is 22.5 Å². The highest BCUT2D eigenvalue weighted by Crippen LogP contribution is 2.35. The maximum Gasteiger partial charge on any atom is 0.416 e. The third-order valence-electron chi connectivity index (χ3n) is 4.47. The Balaban J connectivity index is 1.79.